The molecule has 1 aromatic carbocycles. The Hall–Kier alpha value is -2.95. The molecule has 154 valence electrons. The smallest absolute Gasteiger partial charge is 0.306 e. The largest absolute Gasteiger partial charge is 0.457 e. The number of benzene rings is 1. The fourth-order valence-electron chi connectivity index (χ4n) is 3.30. The summed E-state index contributed by atoms with van der Waals surface area (Å²) in [6, 6.07) is 9.26. The molecule has 0 aliphatic rings. The molecule has 29 heavy (non-hydrogen) atoms. The van der Waals surface area contributed by atoms with E-state index in [-0.39, 0.29) is 31.0 Å². The lowest BCUT2D eigenvalue weighted by molar-refractivity contribution is -0.142. The first-order valence-corrected chi connectivity index (χ1v) is 9.96. The molecule has 0 amide bonds. The number of carbonyl (C=O) groups is 3. The van der Waals surface area contributed by atoms with Crippen LogP contribution in [0.25, 0.3) is 0 Å². The molecule has 0 unspecified atom stereocenters. The van der Waals surface area contributed by atoms with Gasteiger partial charge in [-0.3, -0.25) is 14.4 Å². The standard InChI is InChI=1S/C24H29NO4/c1-5-7-19-8-10-20(11-9-19)22(26)12-13-24(28)29-16-23(27)21-15-17(3)25(14-6-2)18(21)4/h6,8-11,15H,2,5,7,12-14,16H2,1,3-4H3. The molecule has 1 heterocycles. The second kappa shape index (κ2) is 10.6. The van der Waals surface area contributed by atoms with Crippen LogP contribution in [-0.2, 0) is 22.5 Å². The van der Waals surface area contributed by atoms with Crippen LogP contribution in [0.4, 0.5) is 0 Å². The van der Waals surface area contributed by atoms with E-state index in [1.807, 2.05) is 30.5 Å². The first-order valence-electron chi connectivity index (χ1n) is 9.96. The third kappa shape index (κ3) is 6.01. The van der Waals surface area contributed by atoms with Crippen molar-refractivity contribution < 1.29 is 19.1 Å². The van der Waals surface area contributed by atoms with Gasteiger partial charge in [-0.2, -0.15) is 0 Å². The number of hydrogen-bond acceptors (Lipinski definition) is 4. The number of ether oxygens (including phenoxy) is 1. The highest BCUT2D eigenvalue weighted by Gasteiger charge is 2.17. The highest BCUT2D eigenvalue weighted by Crippen LogP contribution is 2.16. The Labute approximate surface area is 172 Å². The van der Waals surface area contributed by atoms with Gasteiger partial charge in [-0.1, -0.05) is 43.7 Å². The average molecular weight is 395 g/mol. The highest BCUT2D eigenvalue weighted by atomic mass is 16.5. The Morgan fingerprint density at radius 3 is 2.38 bits per heavy atom. The molecule has 0 saturated carbocycles. The van der Waals surface area contributed by atoms with Crippen molar-refractivity contribution in [2.24, 2.45) is 0 Å². The van der Waals surface area contributed by atoms with Gasteiger partial charge >= 0.3 is 5.97 Å². The third-order valence-corrected chi connectivity index (χ3v) is 4.92. The lowest BCUT2D eigenvalue weighted by Gasteiger charge is -2.07. The molecular formula is C24H29NO4. The molecule has 0 N–H and O–H groups in total. The molecule has 0 spiro atoms. The fraction of sp³-hybridized carbons (Fsp3) is 0.375. The van der Waals surface area contributed by atoms with Gasteiger partial charge in [0.2, 0.25) is 5.78 Å². The Bertz CT molecular complexity index is 890. The van der Waals surface area contributed by atoms with Crippen LogP contribution in [0.15, 0.2) is 43.0 Å². The number of aryl methyl sites for hydroxylation is 2. The molecule has 1 aromatic heterocycles. The maximum Gasteiger partial charge on any atom is 0.306 e. The van der Waals surface area contributed by atoms with Gasteiger partial charge in [0.15, 0.2) is 12.4 Å². The average Bonchev–Trinajstić information content (AvgIpc) is 2.99. The summed E-state index contributed by atoms with van der Waals surface area (Å²) < 4.78 is 7.07. The summed E-state index contributed by atoms with van der Waals surface area (Å²) in [5.74, 6) is -0.905. The molecule has 0 bridgehead atoms. The monoisotopic (exact) mass is 395 g/mol. The van der Waals surface area contributed by atoms with Crippen molar-refractivity contribution in [3.05, 3.63) is 71.1 Å². The predicted octanol–water partition coefficient (Wildman–Crippen LogP) is 4.63. The van der Waals surface area contributed by atoms with Gasteiger partial charge < -0.3 is 9.30 Å². The van der Waals surface area contributed by atoms with E-state index < -0.39 is 5.97 Å². The molecule has 0 atom stereocenters. The first kappa shape index (κ1) is 22.3. The van der Waals surface area contributed by atoms with Gasteiger partial charge in [-0.25, -0.2) is 0 Å². The number of Topliss-reactive ketones (excluding diaryl/α,β-unsaturated/α-hetero) is 2. The second-order valence-electron chi connectivity index (χ2n) is 7.14. The number of ketones is 2. The molecule has 0 radical (unpaired) electrons. The van der Waals surface area contributed by atoms with Crippen molar-refractivity contribution in [1.82, 2.24) is 4.57 Å². The fourth-order valence-corrected chi connectivity index (χ4v) is 3.30. The van der Waals surface area contributed by atoms with Crippen molar-refractivity contribution in [1.29, 1.82) is 0 Å². The van der Waals surface area contributed by atoms with Crippen molar-refractivity contribution in [2.45, 2.75) is 53.0 Å². The van der Waals surface area contributed by atoms with Crippen molar-refractivity contribution in [2.75, 3.05) is 6.61 Å². The number of esters is 1. The number of hydrogen-bond donors (Lipinski definition) is 0. The van der Waals surface area contributed by atoms with Crippen molar-refractivity contribution in [3.63, 3.8) is 0 Å². The van der Waals surface area contributed by atoms with Crippen LogP contribution in [0.1, 0.15) is 63.9 Å². The topological polar surface area (TPSA) is 65.4 Å². The normalized spacial score (nSPS) is 10.6. The lowest BCUT2D eigenvalue weighted by atomic mass is 10.0. The molecule has 5 heteroatoms. The SMILES string of the molecule is C=CCn1c(C)cc(C(=O)COC(=O)CCC(=O)c2ccc(CCC)cc2)c1C. The van der Waals surface area contributed by atoms with Crippen LogP contribution in [0.3, 0.4) is 0 Å². The van der Waals surface area contributed by atoms with E-state index in [1.165, 1.54) is 5.56 Å². The molecule has 5 nitrogen and oxygen atoms in total. The number of nitrogens with zero attached hydrogens (tertiary/aromatic N) is 1. The number of carbonyl (C=O) groups excluding carboxylic acids is 3. The quantitative estimate of drug-likeness (QED) is 0.316. The molecule has 0 aliphatic carbocycles. The summed E-state index contributed by atoms with van der Waals surface area (Å²) in [6.45, 7) is 9.89. The first-order chi connectivity index (χ1) is 13.9. The molecule has 2 rings (SSSR count). The van der Waals surface area contributed by atoms with Gasteiger partial charge in [0, 0.05) is 35.5 Å². The summed E-state index contributed by atoms with van der Waals surface area (Å²) in [6.07, 6.45) is 3.82. The van der Waals surface area contributed by atoms with Gasteiger partial charge in [-0.05, 0) is 31.9 Å². The van der Waals surface area contributed by atoms with Crippen LogP contribution in [-0.4, -0.2) is 28.7 Å². The number of allylic oxidation sites excluding steroid dienone is 1. The summed E-state index contributed by atoms with van der Waals surface area (Å²) >= 11 is 0. The Kier molecular flexibility index (Phi) is 8.13. The Balaban J connectivity index is 1.83. The van der Waals surface area contributed by atoms with Crippen LogP contribution < -0.4 is 0 Å². The minimum absolute atomic E-state index is 0.0433. The predicted molar refractivity (Wildman–Crippen MR) is 113 cm³/mol. The number of aromatic nitrogens is 1. The summed E-state index contributed by atoms with van der Waals surface area (Å²) in [7, 11) is 0. The summed E-state index contributed by atoms with van der Waals surface area (Å²) in [5.41, 5.74) is 4.09. The minimum Gasteiger partial charge on any atom is -0.457 e. The molecule has 0 fully saturated rings. The van der Waals surface area contributed by atoms with E-state index in [1.54, 1.807) is 24.3 Å². The second-order valence-corrected chi connectivity index (χ2v) is 7.14. The Morgan fingerprint density at radius 1 is 1.07 bits per heavy atom. The molecule has 0 saturated heterocycles. The van der Waals surface area contributed by atoms with Crippen LogP contribution in [0.2, 0.25) is 0 Å². The molecular weight excluding hydrogens is 366 g/mol. The van der Waals surface area contributed by atoms with Gasteiger partial charge in [0.25, 0.3) is 0 Å². The zero-order valence-electron chi connectivity index (χ0n) is 17.5. The van der Waals surface area contributed by atoms with E-state index in [0.717, 1.165) is 24.2 Å². The maximum atomic E-state index is 12.4. The minimum atomic E-state index is -0.547. The van der Waals surface area contributed by atoms with E-state index in [2.05, 4.69) is 13.5 Å². The van der Waals surface area contributed by atoms with Crippen molar-refractivity contribution >= 4 is 17.5 Å². The van der Waals surface area contributed by atoms with Crippen LogP contribution in [0.5, 0.6) is 0 Å². The van der Waals surface area contributed by atoms with E-state index in [4.69, 9.17) is 4.74 Å². The summed E-state index contributed by atoms with van der Waals surface area (Å²) in [5, 5.41) is 0. The summed E-state index contributed by atoms with van der Waals surface area (Å²) in [4.78, 5) is 36.6. The highest BCUT2D eigenvalue weighted by molar-refractivity contribution is 6.00. The zero-order valence-corrected chi connectivity index (χ0v) is 17.5. The van der Waals surface area contributed by atoms with Crippen LogP contribution in [0, 0.1) is 13.8 Å². The van der Waals surface area contributed by atoms with E-state index in [9.17, 15) is 14.4 Å². The number of rotatable bonds is 11. The maximum absolute atomic E-state index is 12.4. The third-order valence-electron chi connectivity index (χ3n) is 4.92. The Morgan fingerprint density at radius 2 is 1.76 bits per heavy atom. The lowest BCUT2D eigenvalue weighted by Crippen LogP contribution is -2.15. The zero-order chi connectivity index (χ0) is 21.4. The van der Waals surface area contributed by atoms with E-state index in [0.29, 0.717) is 17.7 Å². The van der Waals surface area contributed by atoms with Gasteiger partial charge in [0.05, 0.1) is 6.42 Å². The molecule has 2 aromatic rings. The van der Waals surface area contributed by atoms with Gasteiger partial charge in [-0.15, -0.1) is 6.58 Å². The van der Waals surface area contributed by atoms with Crippen molar-refractivity contribution in [3.8, 4) is 0 Å². The van der Waals surface area contributed by atoms with Crippen LogP contribution >= 0.6 is 0 Å². The van der Waals surface area contributed by atoms with E-state index >= 15 is 0 Å². The van der Waals surface area contributed by atoms with Gasteiger partial charge in [0.1, 0.15) is 0 Å². The molecule has 0 aliphatic heterocycles.